The highest BCUT2D eigenvalue weighted by Gasteiger charge is 2.12. The van der Waals surface area contributed by atoms with E-state index in [-0.39, 0.29) is 12.5 Å². The Morgan fingerprint density at radius 1 is 0.893 bits per heavy atom. The van der Waals surface area contributed by atoms with Crippen molar-refractivity contribution in [1.82, 2.24) is 14.9 Å². The van der Waals surface area contributed by atoms with Crippen LogP contribution < -0.4 is 10.1 Å². The van der Waals surface area contributed by atoms with Crippen molar-refractivity contribution in [2.24, 2.45) is 0 Å². The molecule has 28 heavy (non-hydrogen) atoms. The normalized spacial score (nSPS) is 10.7. The van der Waals surface area contributed by atoms with Gasteiger partial charge in [0.2, 0.25) is 0 Å². The van der Waals surface area contributed by atoms with E-state index in [1.54, 1.807) is 0 Å². The van der Waals surface area contributed by atoms with Gasteiger partial charge >= 0.3 is 0 Å². The molecular weight excluding hydrogens is 350 g/mol. The third kappa shape index (κ3) is 4.20. The number of ether oxygens (including phenoxy) is 1. The van der Waals surface area contributed by atoms with Crippen LogP contribution in [0.25, 0.3) is 11.0 Å². The van der Waals surface area contributed by atoms with E-state index in [2.05, 4.69) is 28.1 Å². The number of amides is 1. The zero-order valence-electron chi connectivity index (χ0n) is 15.4. The molecule has 5 nitrogen and oxygen atoms in total. The molecule has 0 saturated heterocycles. The third-order valence-corrected chi connectivity index (χ3v) is 4.47. The Balaban J connectivity index is 1.47. The second-order valence-electron chi connectivity index (χ2n) is 6.47. The fraction of sp³-hybridized carbons (Fsp3) is 0.130. The number of benzene rings is 3. The first kappa shape index (κ1) is 17.8. The number of para-hydroxylation sites is 3. The number of fused-ring (bicyclic) bond motifs is 1. The van der Waals surface area contributed by atoms with Gasteiger partial charge in [0.05, 0.1) is 17.6 Å². The first-order valence-corrected chi connectivity index (χ1v) is 9.22. The zero-order chi connectivity index (χ0) is 19.2. The van der Waals surface area contributed by atoms with Crippen LogP contribution in [0.5, 0.6) is 5.75 Å². The number of hydrogen-bond donors (Lipinski definition) is 1. The fourth-order valence-corrected chi connectivity index (χ4v) is 3.10. The lowest BCUT2D eigenvalue weighted by atomic mass is 10.2. The van der Waals surface area contributed by atoms with Crippen LogP contribution in [0.1, 0.15) is 11.4 Å². The molecule has 0 aliphatic rings. The second-order valence-corrected chi connectivity index (χ2v) is 6.47. The predicted octanol–water partition coefficient (Wildman–Crippen LogP) is 3.78. The Labute approximate surface area is 163 Å². The van der Waals surface area contributed by atoms with Crippen molar-refractivity contribution in [3.63, 3.8) is 0 Å². The maximum absolute atomic E-state index is 12.2. The number of carbonyl (C=O) groups is 1. The van der Waals surface area contributed by atoms with Crippen LogP contribution in [0, 0.1) is 0 Å². The minimum Gasteiger partial charge on any atom is -0.484 e. The minimum atomic E-state index is -0.179. The summed E-state index contributed by atoms with van der Waals surface area (Å²) in [6, 6.07) is 27.5. The van der Waals surface area contributed by atoms with E-state index in [9.17, 15) is 4.79 Å². The maximum atomic E-state index is 12.2. The summed E-state index contributed by atoms with van der Waals surface area (Å²) < 4.78 is 7.64. The Morgan fingerprint density at radius 3 is 2.36 bits per heavy atom. The van der Waals surface area contributed by atoms with E-state index in [0.29, 0.717) is 18.8 Å². The SMILES string of the molecule is O=C(COc1ccccc1)NCc1nc2ccccc2n1Cc1ccccc1. The largest absolute Gasteiger partial charge is 0.484 e. The molecule has 0 aliphatic carbocycles. The summed E-state index contributed by atoms with van der Waals surface area (Å²) in [6.45, 7) is 1.02. The summed E-state index contributed by atoms with van der Waals surface area (Å²) in [4.78, 5) is 16.9. The standard InChI is InChI=1S/C23H21N3O2/c27-23(17-28-19-11-5-2-6-12-19)24-15-22-25-20-13-7-8-14-21(20)26(22)16-18-9-3-1-4-10-18/h1-14H,15-17H2,(H,24,27). The highest BCUT2D eigenvalue weighted by molar-refractivity contribution is 5.78. The van der Waals surface area contributed by atoms with E-state index in [1.165, 1.54) is 5.56 Å². The van der Waals surface area contributed by atoms with Crippen LogP contribution >= 0.6 is 0 Å². The molecule has 1 amide bonds. The van der Waals surface area contributed by atoms with Gasteiger partial charge in [-0.05, 0) is 29.8 Å². The quantitative estimate of drug-likeness (QED) is 0.538. The summed E-state index contributed by atoms with van der Waals surface area (Å²) in [5.74, 6) is 1.31. The van der Waals surface area contributed by atoms with Crippen LogP contribution in [0.4, 0.5) is 0 Å². The average Bonchev–Trinajstić information content (AvgIpc) is 3.10. The predicted molar refractivity (Wildman–Crippen MR) is 109 cm³/mol. The monoisotopic (exact) mass is 371 g/mol. The molecule has 4 rings (SSSR count). The molecule has 3 aromatic carbocycles. The summed E-state index contributed by atoms with van der Waals surface area (Å²) >= 11 is 0. The van der Waals surface area contributed by atoms with Crippen LogP contribution in [0.15, 0.2) is 84.9 Å². The van der Waals surface area contributed by atoms with Crippen molar-refractivity contribution in [2.75, 3.05) is 6.61 Å². The number of imidazole rings is 1. The molecule has 4 aromatic rings. The topological polar surface area (TPSA) is 56.1 Å². The van der Waals surface area contributed by atoms with Gasteiger partial charge in [0, 0.05) is 6.54 Å². The van der Waals surface area contributed by atoms with Crippen LogP contribution in [-0.2, 0) is 17.9 Å². The summed E-state index contributed by atoms with van der Waals surface area (Å²) in [5.41, 5.74) is 3.16. The lowest BCUT2D eigenvalue weighted by molar-refractivity contribution is -0.123. The molecule has 0 unspecified atom stereocenters. The molecule has 0 fully saturated rings. The lowest BCUT2D eigenvalue weighted by Crippen LogP contribution is -2.29. The van der Waals surface area contributed by atoms with Crippen molar-refractivity contribution in [2.45, 2.75) is 13.1 Å². The van der Waals surface area contributed by atoms with Gasteiger partial charge < -0.3 is 14.6 Å². The van der Waals surface area contributed by atoms with Crippen molar-refractivity contribution in [3.05, 3.63) is 96.3 Å². The molecule has 1 N–H and O–H groups in total. The molecular formula is C23H21N3O2. The van der Waals surface area contributed by atoms with Crippen molar-refractivity contribution in [1.29, 1.82) is 0 Å². The van der Waals surface area contributed by atoms with Gasteiger partial charge in [0.1, 0.15) is 11.6 Å². The molecule has 140 valence electrons. The Hall–Kier alpha value is -3.60. The lowest BCUT2D eigenvalue weighted by Gasteiger charge is -2.11. The number of nitrogens with one attached hydrogen (secondary N) is 1. The van der Waals surface area contributed by atoms with Crippen LogP contribution in [-0.4, -0.2) is 22.1 Å². The first-order chi connectivity index (χ1) is 13.8. The first-order valence-electron chi connectivity index (χ1n) is 9.22. The average molecular weight is 371 g/mol. The van der Waals surface area contributed by atoms with Gasteiger partial charge in [-0.2, -0.15) is 0 Å². The zero-order valence-corrected chi connectivity index (χ0v) is 15.4. The van der Waals surface area contributed by atoms with Crippen molar-refractivity contribution in [3.8, 4) is 5.75 Å². The number of hydrogen-bond acceptors (Lipinski definition) is 3. The molecule has 0 spiro atoms. The van der Waals surface area contributed by atoms with Gasteiger partial charge in [-0.1, -0.05) is 60.7 Å². The smallest absolute Gasteiger partial charge is 0.258 e. The van der Waals surface area contributed by atoms with Gasteiger partial charge in [0.15, 0.2) is 6.61 Å². The Morgan fingerprint density at radius 2 is 1.57 bits per heavy atom. The van der Waals surface area contributed by atoms with E-state index in [0.717, 1.165) is 16.9 Å². The van der Waals surface area contributed by atoms with Gasteiger partial charge in [-0.15, -0.1) is 0 Å². The number of carbonyl (C=O) groups excluding carboxylic acids is 1. The van der Waals surface area contributed by atoms with E-state index in [4.69, 9.17) is 9.72 Å². The molecule has 0 bridgehead atoms. The van der Waals surface area contributed by atoms with Gasteiger partial charge in [0.25, 0.3) is 5.91 Å². The van der Waals surface area contributed by atoms with E-state index < -0.39 is 0 Å². The minimum absolute atomic E-state index is 0.0249. The van der Waals surface area contributed by atoms with Crippen LogP contribution in [0.2, 0.25) is 0 Å². The summed E-state index contributed by atoms with van der Waals surface area (Å²) in [7, 11) is 0. The Kier molecular flexibility index (Phi) is 5.33. The number of aromatic nitrogens is 2. The fourth-order valence-electron chi connectivity index (χ4n) is 3.10. The second kappa shape index (κ2) is 8.39. The van der Waals surface area contributed by atoms with Crippen molar-refractivity contribution < 1.29 is 9.53 Å². The molecule has 0 aliphatic heterocycles. The highest BCUT2D eigenvalue weighted by atomic mass is 16.5. The van der Waals surface area contributed by atoms with E-state index >= 15 is 0 Å². The maximum Gasteiger partial charge on any atom is 0.258 e. The summed E-state index contributed by atoms with van der Waals surface area (Å²) in [6.07, 6.45) is 0. The van der Waals surface area contributed by atoms with Crippen molar-refractivity contribution >= 4 is 16.9 Å². The van der Waals surface area contributed by atoms with Gasteiger partial charge in [-0.3, -0.25) is 4.79 Å². The molecule has 0 atom stereocenters. The van der Waals surface area contributed by atoms with Crippen LogP contribution in [0.3, 0.4) is 0 Å². The molecule has 0 saturated carbocycles. The number of nitrogens with zero attached hydrogens (tertiary/aromatic N) is 2. The Bertz CT molecular complexity index is 1060. The summed E-state index contributed by atoms with van der Waals surface area (Å²) in [5, 5.41) is 2.91. The molecule has 1 aromatic heterocycles. The molecule has 0 radical (unpaired) electrons. The molecule has 5 heteroatoms. The molecule has 1 heterocycles. The third-order valence-electron chi connectivity index (χ3n) is 4.47. The van der Waals surface area contributed by atoms with Gasteiger partial charge in [-0.25, -0.2) is 4.98 Å². The highest BCUT2D eigenvalue weighted by Crippen LogP contribution is 2.18. The number of rotatable bonds is 7. The van der Waals surface area contributed by atoms with E-state index in [1.807, 2.05) is 66.7 Å².